The Morgan fingerprint density at radius 3 is 2.31 bits per heavy atom. The minimum absolute atomic E-state index is 0.0144. The molecule has 0 spiro atoms. The third kappa shape index (κ3) is 3.84. The van der Waals surface area contributed by atoms with E-state index in [9.17, 15) is 35.4 Å². The molecule has 1 saturated heterocycles. The molecular formula is C22H22O10. The summed E-state index contributed by atoms with van der Waals surface area (Å²) in [6.45, 7) is -1.25. The van der Waals surface area contributed by atoms with Gasteiger partial charge in [0, 0.05) is 5.56 Å². The molecular weight excluding hydrogens is 424 g/mol. The van der Waals surface area contributed by atoms with Crippen molar-refractivity contribution in [3.63, 3.8) is 0 Å². The normalized spacial score (nSPS) is 25.7. The van der Waals surface area contributed by atoms with Crippen molar-refractivity contribution >= 4 is 11.0 Å². The summed E-state index contributed by atoms with van der Waals surface area (Å²) in [4.78, 5) is 13.2. The average Bonchev–Trinajstić information content (AvgIpc) is 2.80. The Labute approximate surface area is 181 Å². The van der Waals surface area contributed by atoms with Gasteiger partial charge in [-0.1, -0.05) is 12.1 Å². The van der Waals surface area contributed by atoms with Crippen molar-refractivity contribution < 1.29 is 44.5 Å². The Morgan fingerprint density at radius 2 is 1.66 bits per heavy atom. The highest BCUT2D eigenvalue weighted by molar-refractivity contribution is 5.86. The molecule has 0 radical (unpaired) electrons. The van der Waals surface area contributed by atoms with E-state index in [2.05, 4.69) is 0 Å². The van der Waals surface area contributed by atoms with Gasteiger partial charge >= 0.3 is 0 Å². The molecule has 0 saturated carbocycles. The van der Waals surface area contributed by atoms with Gasteiger partial charge in [0.25, 0.3) is 0 Å². The van der Waals surface area contributed by atoms with Gasteiger partial charge in [0.1, 0.15) is 47.8 Å². The molecule has 32 heavy (non-hydrogen) atoms. The van der Waals surface area contributed by atoms with E-state index in [0.717, 1.165) is 0 Å². The topological polar surface area (TPSA) is 170 Å². The molecule has 6 N–H and O–H groups in total. The second-order valence-electron chi connectivity index (χ2n) is 7.41. The van der Waals surface area contributed by atoms with E-state index in [4.69, 9.17) is 13.9 Å². The summed E-state index contributed by atoms with van der Waals surface area (Å²) >= 11 is 0. The largest absolute Gasteiger partial charge is 0.508 e. The van der Waals surface area contributed by atoms with Crippen LogP contribution < -0.4 is 10.2 Å². The van der Waals surface area contributed by atoms with Crippen LogP contribution in [0.25, 0.3) is 22.1 Å². The van der Waals surface area contributed by atoms with Crippen LogP contribution in [0.4, 0.5) is 0 Å². The van der Waals surface area contributed by atoms with Crippen LogP contribution in [-0.4, -0.2) is 68.0 Å². The van der Waals surface area contributed by atoms with Crippen LogP contribution in [0, 0.1) is 0 Å². The zero-order chi connectivity index (χ0) is 23.0. The van der Waals surface area contributed by atoms with E-state index < -0.39 is 49.3 Å². The first-order chi connectivity index (χ1) is 15.3. The van der Waals surface area contributed by atoms with Crippen molar-refractivity contribution in [2.45, 2.75) is 37.3 Å². The van der Waals surface area contributed by atoms with Gasteiger partial charge in [-0.2, -0.15) is 0 Å². The number of aliphatic hydroxyl groups is 5. The highest BCUT2D eigenvalue weighted by Crippen LogP contribution is 2.32. The zero-order valence-corrected chi connectivity index (χ0v) is 16.7. The van der Waals surface area contributed by atoms with Crippen LogP contribution in [-0.2, 0) is 11.3 Å². The molecule has 1 aromatic heterocycles. The maximum atomic E-state index is 13.2. The lowest BCUT2D eigenvalue weighted by Crippen LogP contribution is -2.60. The third-order valence-corrected chi connectivity index (χ3v) is 5.44. The van der Waals surface area contributed by atoms with Gasteiger partial charge in [-0.3, -0.25) is 4.79 Å². The smallest absolute Gasteiger partial charge is 0.229 e. The van der Waals surface area contributed by atoms with Gasteiger partial charge in [-0.05, 0) is 29.8 Å². The summed E-state index contributed by atoms with van der Waals surface area (Å²) < 4.78 is 16.5. The second kappa shape index (κ2) is 8.87. The summed E-state index contributed by atoms with van der Waals surface area (Å²) in [5.74, 6) is 0.0182. The second-order valence-corrected chi connectivity index (χ2v) is 7.41. The lowest BCUT2D eigenvalue weighted by atomic mass is 9.99. The first-order valence-electron chi connectivity index (χ1n) is 9.80. The Kier molecular flexibility index (Phi) is 6.15. The molecule has 3 aromatic rings. The van der Waals surface area contributed by atoms with Gasteiger partial charge in [0.15, 0.2) is 0 Å². The highest BCUT2D eigenvalue weighted by atomic mass is 16.7. The van der Waals surface area contributed by atoms with E-state index in [1.165, 1.54) is 30.5 Å². The third-order valence-electron chi connectivity index (χ3n) is 5.44. The van der Waals surface area contributed by atoms with Crippen molar-refractivity contribution in [3.05, 3.63) is 58.4 Å². The summed E-state index contributed by atoms with van der Waals surface area (Å²) in [6.07, 6.45) is -6.24. The van der Waals surface area contributed by atoms with Crippen molar-refractivity contribution in [1.29, 1.82) is 0 Å². The maximum Gasteiger partial charge on any atom is 0.229 e. The Hall–Kier alpha value is -2.99. The fourth-order valence-corrected chi connectivity index (χ4v) is 3.66. The van der Waals surface area contributed by atoms with Crippen molar-refractivity contribution in [3.8, 4) is 22.6 Å². The molecule has 1 fully saturated rings. The molecule has 1 aliphatic rings. The Morgan fingerprint density at radius 1 is 0.938 bits per heavy atom. The number of phenols is 1. The number of aliphatic hydroxyl groups excluding tert-OH is 5. The summed E-state index contributed by atoms with van der Waals surface area (Å²) in [5, 5.41) is 59.0. The molecule has 1 aliphatic heterocycles. The minimum Gasteiger partial charge on any atom is -0.508 e. The molecule has 0 bridgehead atoms. The summed E-state index contributed by atoms with van der Waals surface area (Å²) in [6, 6.07) is 8.77. The quantitative estimate of drug-likeness (QED) is 0.309. The van der Waals surface area contributed by atoms with Crippen LogP contribution >= 0.6 is 0 Å². The molecule has 170 valence electrons. The molecule has 0 aliphatic carbocycles. The van der Waals surface area contributed by atoms with E-state index in [0.29, 0.717) is 5.56 Å². The van der Waals surface area contributed by atoms with E-state index in [1.54, 1.807) is 12.1 Å². The lowest BCUT2D eigenvalue weighted by molar-refractivity contribution is -0.277. The molecule has 10 nitrogen and oxygen atoms in total. The SMILES string of the molecule is O=c1c(-c2ccc(O)cc2)coc2ccc(OC3OC(CO)C(O)C(O)C3O)c(CO)c12. The number of aromatic hydroxyl groups is 1. The first-order valence-corrected chi connectivity index (χ1v) is 9.80. The Bertz CT molecular complexity index is 1150. The molecule has 2 heterocycles. The minimum atomic E-state index is -1.66. The van der Waals surface area contributed by atoms with Gasteiger partial charge < -0.3 is 44.5 Å². The number of rotatable bonds is 5. The fraction of sp³-hybridized carbons (Fsp3) is 0.318. The lowest BCUT2D eigenvalue weighted by Gasteiger charge is -2.39. The van der Waals surface area contributed by atoms with E-state index >= 15 is 0 Å². The van der Waals surface area contributed by atoms with Crippen molar-refractivity contribution in [2.24, 2.45) is 0 Å². The standard InChI is InChI=1S/C22H22O10/c23-7-12-14(31-22-21(29)20(28)19(27)16(8-24)32-22)5-6-15-17(12)18(26)13(9-30-15)10-1-3-11(25)4-2-10/h1-6,9,16,19-25,27-29H,7-8H2. The van der Waals surface area contributed by atoms with Crippen LogP contribution in [0.2, 0.25) is 0 Å². The summed E-state index contributed by atoms with van der Waals surface area (Å²) in [5.41, 5.74) is 0.469. The fourth-order valence-electron chi connectivity index (χ4n) is 3.66. The molecule has 5 unspecified atom stereocenters. The molecule has 0 amide bonds. The van der Waals surface area contributed by atoms with Crippen LogP contribution in [0.3, 0.4) is 0 Å². The van der Waals surface area contributed by atoms with Crippen LogP contribution in [0.5, 0.6) is 11.5 Å². The number of benzene rings is 2. The van der Waals surface area contributed by atoms with Gasteiger partial charge in [0.05, 0.1) is 24.2 Å². The average molecular weight is 446 g/mol. The predicted molar refractivity (Wildman–Crippen MR) is 110 cm³/mol. The first kappa shape index (κ1) is 22.2. The monoisotopic (exact) mass is 446 g/mol. The maximum absolute atomic E-state index is 13.2. The number of hydrogen-bond acceptors (Lipinski definition) is 10. The molecule has 2 aromatic carbocycles. The van der Waals surface area contributed by atoms with Crippen LogP contribution in [0.15, 0.2) is 51.9 Å². The van der Waals surface area contributed by atoms with Crippen LogP contribution in [0.1, 0.15) is 5.56 Å². The number of phenolic OH excluding ortho intramolecular Hbond substituents is 1. The predicted octanol–water partition coefficient (Wildman–Crippen LogP) is -0.163. The van der Waals surface area contributed by atoms with Crippen molar-refractivity contribution in [2.75, 3.05) is 6.61 Å². The van der Waals surface area contributed by atoms with E-state index in [1.807, 2.05) is 0 Å². The van der Waals surface area contributed by atoms with Gasteiger partial charge in [-0.15, -0.1) is 0 Å². The number of ether oxygens (including phenoxy) is 2. The summed E-state index contributed by atoms with van der Waals surface area (Å²) in [7, 11) is 0. The van der Waals surface area contributed by atoms with E-state index in [-0.39, 0.29) is 33.6 Å². The number of fused-ring (bicyclic) bond motifs is 1. The molecule has 5 atom stereocenters. The van der Waals surface area contributed by atoms with Gasteiger partial charge in [0.2, 0.25) is 11.7 Å². The highest BCUT2D eigenvalue weighted by Gasteiger charge is 2.45. The zero-order valence-electron chi connectivity index (χ0n) is 16.7. The molecule has 4 rings (SSSR count). The Balaban J connectivity index is 1.77. The molecule has 10 heteroatoms. The number of hydrogen-bond donors (Lipinski definition) is 6. The van der Waals surface area contributed by atoms with Crippen molar-refractivity contribution in [1.82, 2.24) is 0 Å². The van der Waals surface area contributed by atoms with Gasteiger partial charge in [-0.25, -0.2) is 0 Å².